The summed E-state index contributed by atoms with van der Waals surface area (Å²) in [7, 11) is 0. The van der Waals surface area contributed by atoms with Crippen molar-refractivity contribution in [1.82, 2.24) is 4.90 Å². The zero-order valence-corrected chi connectivity index (χ0v) is 15.6. The van der Waals surface area contributed by atoms with Gasteiger partial charge in [0.15, 0.2) is 6.10 Å². The van der Waals surface area contributed by atoms with Crippen LogP contribution in [0, 0.1) is 5.92 Å². The largest absolute Gasteiger partial charge is 0.390 e. The Labute approximate surface area is 158 Å². The molecule has 0 radical (unpaired) electrons. The predicted octanol–water partition coefficient (Wildman–Crippen LogP) is 4.69. The third-order valence-corrected chi connectivity index (χ3v) is 5.51. The van der Waals surface area contributed by atoms with Crippen LogP contribution in [0.3, 0.4) is 0 Å². The summed E-state index contributed by atoms with van der Waals surface area (Å²) in [5.74, 6) is 0.362. The molecule has 0 saturated heterocycles. The van der Waals surface area contributed by atoms with Gasteiger partial charge in [0.1, 0.15) is 0 Å². The van der Waals surface area contributed by atoms with Crippen LogP contribution in [0.5, 0.6) is 0 Å². The SMILES string of the molecule is C=CCN(C[C@@H]1CC(c2ccc(Cl)c(Cl)c2)=NO1)C(=O)C1CCCC1. The van der Waals surface area contributed by atoms with E-state index in [1.807, 2.05) is 11.0 Å². The van der Waals surface area contributed by atoms with Gasteiger partial charge < -0.3 is 9.74 Å². The van der Waals surface area contributed by atoms with Gasteiger partial charge in [-0.05, 0) is 25.0 Å². The highest BCUT2D eigenvalue weighted by atomic mass is 35.5. The lowest BCUT2D eigenvalue weighted by molar-refractivity contribution is -0.136. The molecule has 1 aliphatic carbocycles. The maximum atomic E-state index is 12.7. The number of amides is 1. The fourth-order valence-corrected chi connectivity index (χ4v) is 3.76. The number of rotatable bonds is 6. The number of hydrogen-bond acceptors (Lipinski definition) is 3. The maximum absolute atomic E-state index is 12.7. The average Bonchev–Trinajstić information content (AvgIpc) is 3.28. The van der Waals surface area contributed by atoms with E-state index in [0.29, 0.717) is 29.6 Å². The van der Waals surface area contributed by atoms with E-state index < -0.39 is 0 Å². The van der Waals surface area contributed by atoms with Gasteiger partial charge >= 0.3 is 0 Å². The standard InChI is InChI=1S/C19H22Cl2N2O2/c1-2-9-23(19(24)13-5-3-4-6-13)12-15-11-18(22-25-15)14-7-8-16(20)17(21)10-14/h2,7-8,10,13,15H,1,3-6,9,11-12H2/t15-/m0/s1. The van der Waals surface area contributed by atoms with Crippen LogP contribution >= 0.6 is 23.2 Å². The number of halogens is 2. The second kappa shape index (κ2) is 8.24. The Kier molecular flexibility index (Phi) is 6.02. The van der Waals surface area contributed by atoms with Crippen LogP contribution < -0.4 is 0 Å². The molecule has 0 aromatic heterocycles. The molecule has 0 unspecified atom stereocenters. The second-order valence-corrected chi connectivity index (χ2v) is 7.43. The molecule has 134 valence electrons. The van der Waals surface area contributed by atoms with E-state index in [2.05, 4.69) is 11.7 Å². The molecule has 2 aliphatic rings. The highest BCUT2D eigenvalue weighted by Crippen LogP contribution is 2.28. The van der Waals surface area contributed by atoms with Crippen LogP contribution in [0.15, 0.2) is 36.0 Å². The van der Waals surface area contributed by atoms with Crippen LogP contribution in [0.25, 0.3) is 0 Å². The van der Waals surface area contributed by atoms with Gasteiger partial charge in [-0.25, -0.2) is 0 Å². The topological polar surface area (TPSA) is 41.9 Å². The highest BCUT2D eigenvalue weighted by molar-refractivity contribution is 6.42. The van der Waals surface area contributed by atoms with Crippen LogP contribution in [-0.2, 0) is 9.63 Å². The molecule has 1 heterocycles. The van der Waals surface area contributed by atoms with Gasteiger partial charge in [0, 0.05) is 24.4 Å². The van der Waals surface area contributed by atoms with Crippen molar-refractivity contribution in [2.75, 3.05) is 13.1 Å². The van der Waals surface area contributed by atoms with E-state index in [4.69, 9.17) is 28.0 Å². The monoisotopic (exact) mass is 380 g/mol. The summed E-state index contributed by atoms with van der Waals surface area (Å²) >= 11 is 12.0. The van der Waals surface area contributed by atoms with Gasteiger partial charge in [-0.1, -0.05) is 53.3 Å². The first-order chi connectivity index (χ1) is 12.1. The number of carbonyl (C=O) groups is 1. The molecule has 1 fully saturated rings. The van der Waals surface area contributed by atoms with Crippen molar-refractivity contribution >= 4 is 34.8 Å². The van der Waals surface area contributed by atoms with Gasteiger partial charge in [-0.3, -0.25) is 4.79 Å². The van der Waals surface area contributed by atoms with Crippen molar-refractivity contribution in [3.05, 3.63) is 46.5 Å². The summed E-state index contributed by atoms with van der Waals surface area (Å²) in [4.78, 5) is 20.1. The van der Waals surface area contributed by atoms with Gasteiger partial charge in [0.25, 0.3) is 0 Å². The molecule has 3 rings (SSSR count). The Balaban J connectivity index is 1.61. The molecular weight excluding hydrogens is 359 g/mol. The minimum absolute atomic E-state index is 0.144. The summed E-state index contributed by atoms with van der Waals surface area (Å²) in [5.41, 5.74) is 1.73. The quantitative estimate of drug-likeness (QED) is 0.671. The zero-order valence-electron chi connectivity index (χ0n) is 14.1. The fraction of sp³-hybridized carbons (Fsp3) is 0.474. The summed E-state index contributed by atoms with van der Waals surface area (Å²) in [6.07, 6.45) is 6.53. The molecule has 4 nitrogen and oxygen atoms in total. The van der Waals surface area contributed by atoms with E-state index in [-0.39, 0.29) is 17.9 Å². The van der Waals surface area contributed by atoms with Crippen LogP contribution in [0.4, 0.5) is 0 Å². The Hall–Kier alpha value is -1.52. The Morgan fingerprint density at radius 3 is 2.76 bits per heavy atom. The summed E-state index contributed by atoms with van der Waals surface area (Å²) < 4.78 is 0. The fourth-order valence-electron chi connectivity index (χ4n) is 3.46. The van der Waals surface area contributed by atoms with Gasteiger partial charge in [0.05, 0.1) is 22.3 Å². The molecule has 0 bridgehead atoms. The lowest BCUT2D eigenvalue weighted by Crippen LogP contribution is -2.40. The Morgan fingerprint density at radius 1 is 1.32 bits per heavy atom. The average molecular weight is 381 g/mol. The third kappa shape index (κ3) is 4.36. The van der Waals surface area contributed by atoms with Gasteiger partial charge in [-0.15, -0.1) is 6.58 Å². The molecule has 0 spiro atoms. The molecule has 1 aromatic carbocycles. The number of hydrogen-bond donors (Lipinski definition) is 0. The molecule has 1 aliphatic heterocycles. The van der Waals surface area contributed by atoms with Crippen molar-refractivity contribution in [3.63, 3.8) is 0 Å². The molecule has 1 atom stereocenters. The molecule has 1 aromatic rings. The molecule has 1 amide bonds. The summed E-state index contributed by atoms with van der Waals surface area (Å²) in [5, 5.41) is 5.19. The van der Waals surface area contributed by atoms with E-state index in [1.165, 1.54) is 0 Å². The van der Waals surface area contributed by atoms with Crippen molar-refractivity contribution in [2.45, 2.75) is 38.2 Å². The molecule has 25 heavy (non-hydrogen) atoms. The predicted molar refractivity (Wildman–Crippen MR) is 101 cm³/mol. The first-order valence-electron chi connectivity index (χ1n) is 8.66. The minimum atomic E-state index is -0.144. The van der Waals surface area contributed by atoms with E-state index >= 15 is 0 Å². The van der Waals surface area contributed by atoms with Crippen molar-refractivity contribution < 1.29 is 9.63 Å². The first kappa shape index (κ1) is 18.3. The van der Waals surface area contributed by atoms with Crippen molar-refractivity contribution in [3.8, 4) is 0 Å². The molecule has 1 saturated carbocycles. The molecular formula is C19H22Cl2N2O2. The molecule has 0 N–H and O–H groups in total. The Bertz CT molecular complexity index is 684. The van der Waals surface area contributed by atoms with Gasteiger partial charge in [-0.2, -0.15) is 0 Å². The minimum Gasteiger partial charge on any atom is -0.390 e. The number of oxime groups is 1. The third-order valence-electron chi connectivity index (χ3n) is 4.78. The van der Waals surface area contributed by atoms with Crippen molar-refractivity contribution in [2.24, 2.45) is 11.1 Å². The lowest BCUT2D eigenvalue weighted by Gasteiger charge is -2.26. The highest BCUT2D eigenvalue weighted by Gasteiger charge is 2.31. The summed E-state index contributed by atoms with van der Waals surface area (Å²) in [6.45, 7) is 4.84. The van der Waals surface area contributed by atoms with E-state index in [0.717, 1.165) is 37.0 Å². The van der Waals surface area contributed by atoms with Crippen LogP contribution in [-0.4, -0.2) is 35.7 Å². The Morgan fingerprint density at radius 2 is 2.08 bits per heavy atom. The summed E-state index contributed by atoms with van der Waals surface area (Å²) in [6, 6.07) is 5.42. The van der Waals surface area contributed by atoms with Gasteiger partial charge in [0.2, 0.25) is 5.91 Å². The van der Waals surface area contributed by atoms with Crippen LogP contribution in [0.2, 0.25) is 10.0 Å². The maximum Gasteiger partial charge on any atom is 0.226 e. The van der Waals surface area contributed by atoms with Crippen molar-refractivity contribution in [1.29, 1.82) is 0 Å². The number of carbonyl (C=O) groups excluding carboxylic acids is 1. The van der Waals surface area contributed by atoms with E-state index in [1.54, 1.807) is 18.2 Å². The smallest absolute Gasteiger partial charge is 0.226 e. The lowest BCUT2D eigenvalue weighted by atomic mass is 10.0. The number of benzene rings is 1. The van der Waals surface area contributed by atoms with Crippen LogP contribution in [0.1, 0.15) is 37.7 Å². The van der Waals surface area contributed by atoms with E-state index in [9.17, 15) is 4.79 Å². The number of nitrogens with zero attached hydrogens (tertiary/aromatic N) is 2. The first-order valence-corrected chi connectivity index (χ1v) is 9.42. The zero-order chi connectivity index (χ0) is 17.8. The normalized spacial score (nSPS) is 20.2. The second-order valence-electron chi connectivity index (χ2n) is 6.61. The molecule has 6 heteroatoms.